The molecule has 0 fully saturated rings. The fourth-order valence-corrected chi connectivity index (χ4v) is 1.37. The molecule has 0 bridgehead atoms. The molecule has 1 aliphatic rings. The van der Waals surface area contributed by atoms with Gasteiger partial charge < -0.3 is 4.74 Å². The molecule has 0 N–H and O–H groups in total. The van der Waals surface area contributed by atoms with Crippen molar-refractivity contribution in [1.29, 1.82) is 0 Å². The van der Waals surface area contributed by atoms with Crippen molar-refractivity contribution in [3.05, 3.63) is 29.3 Å². The fourth-order valence-electron chi connectivity index (χ4n) is 1.37. The van der Waals surface area contributed by atoms with Gasteiger partial charge in [0.25, 0.3) is 0 Å². The Bertz CT molecular complexity index is 270. The number of fused-ring (bicyclic) bond motifs is 1. The maximum Gasteiger partial charge on any atom is 0.122 e. The molecule has 2 rings (SSSR count). The molecule has 0 aliphatic carbocycles. The van der Waals surface area contributed by atoms with Crippen molar-refractivity contribution < 1.29 is 4.74 Å². The van der Waals surface area contributed by atoms with Gasteiger partial charge in [0.2, 0.25) is 0 Å². The van der Waals surface area contributed by atoms with Crippen LogP contribution >= 0.6 is 0 Å². The van der Waals surface area contributed by atoms with Crippen molar-refractivity contribution in [2.24, 2.45) is 0 Å². The van der Waals surface area contributed by atoms with Gasteiger partial charge in [-0.2, -0.15) is 0 Å². The van der Waals surface area contributed by atoms with Gasteiger partial charge in [-0.3, -0.25) is 0 Å². The fraction of sp³-hybridized carbons (Fsp3) is 0.333. The summed E-state index contributed by atoms with van der Waals surface area (Å²) in [7, 11) is 5.50. The summed E-state index contributed by atoms with van der Waals surface area (Å²) in [6.07, 6.45) is 1.65. The van der Waals surface area contributed by atoms with E-state index in [2.05, 4.69) is 6.07 Å². The third kappa shape index (κ3) is 1.13. The second kappa shape index (κ2) is 2.61. The third-order valence-corrected chi connectivity index (χ3v) is 1.99. The molecule has 0 aromatic heterocycles. The molecule has 0 saturated carbocycles. The highest BCUT2D eigenvalue weighted by Crippen LogP contribution is 2.25. The summed E-state index contributed by atoms with van der Waals surface area (Å²) in [4.78, 5) is 0. The van der Waals surface area contributed by atoms with Crippen LogP contribution in [-0.4, -0.2) is 14.5 Å². The number of hydrogen-bond acceptors (Lipinski definition) is 1. The molecule has 1 nitrogen and oxygen atoms in total. The van der Waals surface area contributed by atoms with E-state index in [1.807, 2.05) is 12.1 Å². The molecule has 1 aliphatic heterocycles. The first-order valence-electron chi connectivity index (χ1n) is 3.85. The van der Waals surface area contributed by atoms with Crippen molar-refractivity contribution in [3.63, 3.8) is 0 Å². The third-order valence-electron chi connectivity index (χ3n) is 1.99. The van der Waals surface area contributed by atoms with E-state index in [4.69, 9.17) is 12.6 Å². The first-order valence-corrected chi connectivity index (χ1v) is 3.85. The highest BCUT2D eigenvalue weighted by atomic mass is 16.5. The molecule has 1 aromatic carbocycles. The standard InChI is InChI=1S/C9H9BO/c10-6-7-1-2-9-8(5-7)3-4-11-9/h1-2,5H,3-4,6H2. The van der Waals surface area contributed by atoms with Gasteiger partial charge in [0.05, 0.1) is 14.5 Å². The minimum Gasteiger partial charge on any atom is -0.493 e. The number of hydrogen-bond donors (Lipinski definition) is 0. The van der Waals surface area contributed by atoms with E-state index < -0.39 is 0 Å². The van der Waals surface area contributed by atoms with Crippen molar-refractivity contribution in [2.45, 2.75) is 12.7 Å². The first-order chi connectivity index (χ1) is 5.40. The predicted molar refractivity (Wildman–Crippen MR) is 45.1 cm³/mol. The van der Waals surface area contributed by atoms with Crippen molar-refractivity contribution in [2.75, 3.05) is 6.61 Å². The largest absolute Gasteiger partial charge is 0.493 e. The Labute approximate surface area is 67.8 Å². The summed E-state index contributed by atoms with van der Waals surface area (Å²) >= 11 is 0. The molecular formula is C9H9BO. The number of benzene rings is 1. The van der Waals surface area contributed by atoms with E-state index in [9.17, 15) is 0 Å². The van der Waals surface area contributed by atoms with Crippen LogP contribution in [0.15, 0.2) is 18.2 Å². The van der Waals surface area contributed by atoms with Gasteiger partial charge in [-0.15, -0.1) is 0 Å². The van der Waals surface area contributed by atoms with Crippen LogP contribution in [0.2, 0.25) is 0 Å². The molecule has 1 aromatic rings. The average molecular weight is 144 g/mol. The molecule has 0 spiro atoms. The molecular weight excluding hydrogens is 135 g/mol. The van der Waals surface area contributed by atoms with Gasteiger partial charge in [0.1, 0.15) is 5.75 Å². The van der Waals surface area contributed by atoms with Crippen molar-refractivity contribution >= 4 is 7.85 Å². The van der Waals surface area contributed by atoms with Gasteiger partial charge >= 0.3 is 0 Å². The maximum absolute atomic E-state index is 5.50. The van der Waals surface area contributed by atoms with E-state index in [-0.39, 0.29) is 0 Å². The Morgan fingerprint density at radius 3 is 3.18 bits per heavy atom. The first kappa shape index (κ1) is 6.77. The van der Waals surface area contributed by atoms with Crippen LogP contribution in [0, 0.1) is 0 Å². The van der Waals surface area contributed by atoms with Gasteiger partial charge in [0, 0.05) is 6.42 Å². The van der Waals surface area contributed by atoms with Gasteiger partial charge in [-0.1, -0.05) is 24.0 Å². The smallest absolute Gasteiger partial charge is 0.122 e. The van der Waals surface area contributed by atoms with Crippen LogP contribution in [-0.2, 0) is 12.7 Å². The Morgan fingerprint density at radius 1 is 1.45 bits per heavy atom. The van der Waals surface area contributed by atoms with E-state index >= 15 is 0 Å². The molecule has 0 atom stereocenters. The van der Waals surface area contributed by atoms with Crippen LogP contribution in [0.4, 0.5) is 0 Å². The van der Waals surface area contributed by atoms with Gasteiger partial charge in [-0.05, 0) is 11.6 Å². The van der Waals surface area contributed by atoms with Crippen molar-refractivity contribution in [3.8, 4) is 5.75 Å². The minimum atomic E-state index is 0.618. The molecule has 0 amide bonds. The van der Waals surface area contributed by atoms with Crippen LogP contribution in [0.3, 0.4) is 0 Å². The molecule has 2 radical (unpaired) electrons. The lowest BCUT2D eigenvalue weighted by atomic mass is 9.95. The molecule has 0 unspecified atom stereocenters. The minimum absolute atomic E-state index is 0.618. The van der Waals surface area contributed by atoms with E-state index in [1.165, 1.54) is 11.1 Å². The summed E-state index contributed by atoms with van der Waals surface area (Å²) in [5.41, 5.74) is 2.49. The SMILES string of the molecule is [B]Cc1ccc2c(c1)CCO2. The Kier molecular flexibility index (Phi) is 1.61. The highest BCUT2D eigenvalue weighted by molar-refractivity contribution is 6.08. The highest BCUT2D eigenvalue weighted by Gasteiger charge is 2.10. The quantitative estimate of drug-likeness (QED) is 0.539. The number of ether oxygens (including phenoxy) is 1. The summed E-state index contributed by atoms with van der Waals surface area (Å²) in [6, 6.07) is 6.15. The topological polar surface area (TPSA) is 9.23 Å². The summed E-state index contributed by atoms with van der Waals surface area (Å²) in [6.45, 7) is 0.823. The Morgan fingerprint density at radius 2 is 2.36 bits per heavy atom. The molecule has 1 heterocycles. The zero-order chi connectivity index (χ0) is 7.68. The summed E-state index contributed by atoms with van der Waals surface area (Å²) in [5, 5.41) is 0. The molecule has 11 heavy (non-hydrogen) atoms. The van der Waals surface area contributed by atoms with E-state index in [0.717, 1.165) is 18.8 Å². The number of rotatable bonds is 1. The normalized spacial score (nSPS) is 14.2. The predicted octanol–water partition coefficient (Wildman–Crippen LogP) is 1.29. The van der Waals surface area contributed by atoms with Crippen LogP contribution in [0.1, 0.15) is 11.1 Å². The summed E-state index contributed by atoms with van der Waals surface area (Å²) in [5.74, 6) is 1.03. The van der Waals surface area contributed by atoms with E-state index in [0.29, 0.717) is 6.32 Å². The van der Waals surface area contributed by atoms with Gasteiger partial charge in [-0.25, -0.2) is 0 Å². The Balaban J connectivity index is 2.41. The Hall–Kier alpha value is -0.915. The molecule has 2 heteroatoms. The zero-order valence-electron chi connectivity index (χ0n) is 6.34. The lowest BCUT2D eigenvalue weighted by Gasteiger charge is -2.00. The van der Waals surface area contributed by atoms with Crippen LogP contribution < -0.4 is 4.74 Å². The lowest BCUT2D eigenvalue weighted by molar-refractivity contribution is 0.357. The maximum atomic E-state index is 5.50. The van der Waals surface area contributed by atoms with Crippen LogP contribution in [0.25, 0.3) is 0 Å². The van der Waals surface area contributed by atoms with Crippen molar-refractivity contribution in [1.82, 2.24) is 0 Å². The van der Waals surface area contributed by atoms with Gasteiger partial charge in [0.15, 0.2) is 0 Å². The summed E-state index contributed by atoms with van der Waals surface area (Å²) < 4.78 is 5.36. The van der Waals surface area contributed by atoms with E-state index in [1.54, 1.807) is 0 Å². The average Bonchev–Trinajstić information content (AvgIpc) is 2.50. The lowest BCUT2D eigenvalue weighted by Crippen LogP contribution is -1.85. The molecule has 0 saturated heterocycles. The second-order valence-electron chi connectivity index (χ2n) is 2.74. The van der Waals surface area contributed by atoms with Crippen LogP contribution in [0.5, 0.6) is 5.75 Å². The molecule has 54 valence electrons. The second-order valence-corrected chi connectivity index (χ2v) is 2.74. The monoisotopic (exact) mass is 144 g/mol. The zero-order valence-corrected chi connectivity index (χ0v) is 6.34.